The Bertz CT molecular complexity index is 599. The van der Waals surface area contributed by atoms with Gasteiger partial charge in [-0.05, 0) is 35.4 Å². The molecular weight excluding hydrogens is 216 g/mol. The monoisotopic (exact) mass is 228 g/mol. The van der Waals surface area contributed by atoms with Crippen LogP contribution in [0.15, 0.2) is 36.4 Å². The minimum Gasteiger partial charge on any atom is -0.478 e. The van der Waals surface area contributed by atoms with Gasteiger partial charge in [0.1, 0.15) is 5.78 Å². The Morgan fingerprint density at radius 2 is 1.71 bits per heavy atom. The summed E-state index contributed by atoms with van der Waals surface area (Å²) in [6.07, 6.45) is 0.413. The highest BCUT2D eigenvalue weighted by atomic mass is 16.4. The SMILES string of the molecule is CC(=O)Cc1ccc2cc(C(=O)O)ccc2c1. The number of carbonyl (C=O) groups excluding carboxylic acids is 1. The van der Waals surface area contributed by atoms with Crippen LogP contribution >= 0.6 is 0 Å². The number of Topliss-reactive ketones (excluding diaryl/α,β-unsaturated/α-hetero) is 1. The van der Waals surface area contributed by atoms with Gasteiger partial charge in [0.15, 0.2) is 0 Å². The maximum absolute atomic E-state index is 11.0. The summed E-state index contributed by atoms with van der Waals surface area (Å²) in [6, 6.07) is 10.6. The van der Waals surface area contributed by atoms with E-state index in [1.54, 1.807) is 25.1 Å². The average Bonchev–Trinajstić information content (AvgIpc) is 2.27. The highest BCUT2D eigenvalue weighted by molar-refractivity contribution is 5.94. The maximum atomic E-state index is 11.0. The van der Waals surface area contributed by atoms with Crippen molar-refractivity contribution in [3.05, 3.63) is 47.5 Å². The van der Waals surface area contributed by atoms with Crippen LogP contribution in [0, 0.1) is 0 Å². The molecule has 0 bridgehead atoms. The van der Waals surface area contributed by atoms with Crippen LogP contribution in [0.2, 0.25) is 0 Å². The summed E-state index contributed by atoms with van der Waals surface area (Å²) in [5.41, 5.74) is 1.23. The van der Waals surface area contributed by atoms with E-state index < -0.39 is 5.97 Å². The van der Waals surface area contributed by atoms with Gasteiger partial charge in [-0.2, -0.15) is 0 Å². The number of hydrogen-bond acceptors (Lipinski definition) is 2. The second-order valence-electron chi connectivity index (χ2n) is 4.08. The van der Waals surface area contributed by atoms with Crippen LogP contribution in [0.3, 0.4) is 0 Å². The van der Waals surface area contributed by atoms with Crippen LogP contribution in [0.25, 0.3) is 10.8 Å². The molecule has 0 atom stereocenters. The van der Waals surface area contributed by atoms with Gasteiger partial charge in [0, 0.05) is 6.42 Å². The Kier molecular flexibility index (Phi) is 2.91. The van der Waals surface area contributed by atoms with E-state index >= 15 is 0 Å². The van der Waals surface area contributed by atoms with Crippen molar-refractivity contribution >= 4 is 22.5 Å². The van der Waals surface area contributed by atoms with Crippen molar-refractivity contribution in [2.75, 3.05) is 0 Å². The van der Waals surface area contributed by atoms with Crippen molar-refractivity contribution in [1.29, 1.82) is 0 Å². The third kappa shape index (κ3) is 2.50. The number of aromatic carboxylic acids is 1. The lowest BCUT2D eigenvalue weighted by atomic mass is 10.0. The average molecular weight is 228 g/mol. The van der Waals surface area contributed by atoms with Gasteiger partial charge in [-0.25, -0.2) is 4.79 Å². The number of benzene rings is 2. The van der Waals surface area contributed by atoms with E-state index in [2.05, 4.69) is 0 Å². The molecule has 0 saturated heterocycles. The normalized spacial score (nSPS) is 10.4. The number of rotatable bonds is 3. The summed E-state index contributed by atoms with van der Waals surface area (Å²) in [4.78, 5) is 21.8. The van der Waals surface area contributed by atoms with Crippen LogP contribution in [0.5, 0.6) is 0 Å². The molecular formula is C14H12O3. The molecule has 1 N–H and O–H groups in total. The number of carbonyl (C=O) groups is 2. The summed E-state index contributed by atoms with van der Waals surface area (Å²) in [5.74, 6) is -0.814. The van der Waals surface area contributed by atoms with Gasteiger partial charge in [0.05, 0.1) is 5.56 Å². The lowest BCUT2D eigenvalue weighted by Gasteiger charge is -2.03. The molecule has 2 aromatic rings. The Morgan fingerprint density at radius 3 is 2.35 bits per heavy atom. The highest BCUT2D eigenvalue weighted by Gasteiger charge is 2.04. The zero-order valence-corrected chi connectivity index (χ0v) is 9.43. The molecule has 0 spiro atoms. The molecule has 0 radical (unpaired) electrons. The Balaban J connectivity index is 2.46. The molecule has 3 heteroatoms. The van der Waals surface area contributed by atoms with E-state index in [1.165, 1.54) is 0 Å². The summed E-state index contributed by atoms with van der Waals surface area (Å²) in [7, 11) is 0. The van der Waals surface area contributed by atoms with Crippen molar-refractivity contribution in [3.63, 3.8) is 0 Å². The smallest absolute Gasteiger partial charge is 0.335 e. The molecule has 0 aliphatic carbocycles. The van der Waals surface area contributed by atoms with Crippen LogP contribution in [-0.2, 0) is 11.2 Å². The zero-order valence-electron chi connectivity index (χ0n) is 9.43. The van der Waals surface area contributed by atoms with Crippen LogP contribution < -0.4 is 0 Å². The third-order valence-electron chi connectivity index (χ3n) is 2.60. The molecule has 0 saturated carbocycles. The topological polar surface area (TPSA) is 54.4 Å². The highest BCUT2D eigenvalue weighted by Crippen LogP contribution is 2.18. The van der Waals surface area contributed by atoms with Crippen molar-refractivity contribution in [3.8, 4) is 0 Å². The minimum absolute atomic E-state index is 0.117. The molecule has 86 valence electrons. The van der Waals surface area contributed by atoms with Gasteiger partial charge in [0.2, 0.25) is 0 Å². The first-order valence-electron chi connectivity index (χ1n) is 5.32. The third-order valence-corrected chi connectivity index (χ3v) is 2.60. The predicted molar refractivity (Wildman–Crippen MR) is 65.3 cm³/mol. The van der Waals surface area contributed by atoms with Crippen LogP contribution in [-0.4, -0.2) is 16.9 Å². The standard InChI is InChI=1S/C14H12O3/c1-9(15)6-10-2-3-12-8-13(14(16)17)5-4-11(12)7-10/h2-5,7-8H,6H2,1H3,(H,16,17). The van der Waals surface area contributed by atoms with Crippen molar-refractivity contribution in [2.24, 2.45) is 0 Å². The van der Waals surface area contributed by atoms with Gasteiger partial charge in [-0.15, -0.1) is 0 Å². The van der Waals surface area contributed by atoms with Gasteiger partial charge in [-0.3, -0.25) is 4.79 Å². The van der Waals surface area contributed by atoms with E-state index in [9.17, 15) is 9.59 Å². The maximum Gasteiger partial charge on any atom is 0.335 e. The quantitative estimate of drug-likeness (QED) is 0.878. The van der Waals surface area contributed by atoms with Crippen LogP contribution in [0.4, 0.5) is 0 Å². The molecule has 0 aromatic heterocycles. The Labute approximate surface area is 98.7 Å². The summed E-state index contributed by atoms with van der Waals surface area (Å²) < 4.78 is 0. The zero-order chi connectivity index (χ0) is 12.4. The molecule has 3 nitrogen and oxygen atoms in total. The van der Waals surface area contributed by atoms with Crippen LogP contribution in [0.1, 0.15) is 22.8 Å². The lowest BCUT2D eigenvalue weighted by Crippen LogP contribution is -1.97. The van der Waals surface area contributed by atoms with Gasteiger partial charge in [-0.1, -0.05) is 24.3 Å². The molecule has 17 heavy (non-hydrogen) atoms. The first-order chi connectivity index (χ1) is 8.06. The first kappa shape index (κ1) is 11.3. The summed E-state index contributed by atoms with van der Waals surface area (Å²) >= 11 is 0. The van der Waals surface area contributed by atoms with Gasteiger partial charge < -0.3 is 5.11 Å². The molecule has 0 aliphatic heterocycles. The van der Waals surface area contributed by atoms with Crippen molar-refractivity contribution in [1.82, 2.24) is 0 Å². The van der Waals surface area contributed by atoms with E-state index in [1.807, 2.05) is 18.2 Å². The molecule has 0 fully saturated rings. The number of ketones is 1. The fraction of sp³-hybridized carbons (Fsp3) is 0.143. The molecule has 0 aliphatic rings. The Hall–Kier alpha value is -2.16. The fourth-order valence-corrected chi connectivity index (χ4v) is 1.83. The number of carboxylic acids is 1. The first-order valence-corrected chi connectivity index (χ1v) is 5.32. The van der Waals surface area contributed by atoms with E-state index in [-0.39, 0.29) is 11.3 Å². The molecule has 0 amide bonds. The fourth-order valence-electron chi connectivity index (χ4n) is 1.83. The molecule has 2 rings (SSSR count). The van der Waals surface area contributed by atoms with Crippen molar-refractivity contribution < 1.29 is 14.7 Å². The minimum atomic E-state index is -0.931. The van der Waals surface area contributed by atoms with Gasteiger partial charge >= 0.3 is 5.97 Å². The molecule has 0 heterocycles. The summed E-state index contributed by atoms with van der Waals surface area (Å²) in [6.45, 7) is 1.55. The van der Waals surface area contributed by atoms with Crippen molar-refractivity contribution in [2.45, 2.75) is 13.3 Å². The number of carboxylic acid groups (broad SMARTS) is 1. The van der Waals surface area contributed by atoms with E-state index in [0.29, 0.717) is 6.42 Å². The lowest BCUT2D eigenvalue weighted by molar-refractivity contribution is -0.116. The summed E-state index contributed by atoms with van der Waals surface area (Å²) in [5, 5.41) is 10.7. The largest absolute Gasteiger partial charge is 0.478 e. The molecule has 0 unspecified atom stereocenters. The van der Waals surface area contributed by atoms with E-state index in [0.717, 1.165) is 16.3 Å². The predicted octanol–water partition coefficient (Wildman–Crippen LogP) is 2.67. The van der Waals surface area contributed by atoms with E-state index in [4.69, 9.17) is 5.11 Å². The second kappa shape index (κ2) is 4.37. The number of hydrogen-bond donors (Lipinski definition) is 1. The Morgan fingerprint density at radius 1 is 1.06 bits per heavy atom. The second-order valence-corrected chi connectivity index (χ2v) is 4.08. The number of fused-ring (bicyclic) bond motifs is 1. The molecule has 2 aromatic carbocycles. The van der Waals surface area contributed by atoms with Gasteiger partial charge in [0.25, 0.3) is 0 Å².